The fourth-order valence-corrected chi connectivity index (χ4v) is 2.44. The van der Waals surface area contributed by atoms with Crippen molar-refractivity contribution in [3.05, 3.63) is 71.7 Å². The van der Waals surface area contributed by atoms with Crippen LogP contribution in [0.25, 0.3) is 11.4 Å². The van der Waals surface area contributed by atoms with Gasteiger partial charge in [0.05, 0.1) is 5.56 Å². The number of hydrogen-bond acceptors (Lipinski definition) is 5. The first-order valence-electron chi connectivity index (χ1n) is 7.98. The molecule has 0 saturated carbocycles. The molecule has 146 valence electrons. The summed E-state index contributed by atoms with van der Waals surface area (Å²) >= 11 is 0. The molecule has 10 heteroatoms. The molecule has 2 heterocycles. The molecule has 0 bridgehead atoms. The van der Waals surface area contributed by atoms with Crippen molar-refractivity contribution in [2.45, 2.75) is 12.3 Å². The van der Waals surface area contributed by atoms with Crippen molar-refractivity contribution in [3.63, 3.8) is 0 Å². The van der Waals surface area contributed by atoms with Gasteiger partial charge in [-0.25, -0.2) is 18.7 Å². The molecule has 1 unspecified atom stereocenters. The van der Waals surface area contributed by atoms with Crippen LogP contribution in [0, 0.1) is 11.6 Å². The number of aliphatic hydroxyl groups excluding tert-OH is 1. The molecule has 2 N–H and O–H groups in total. The van der Waals surface area contributed by atoms with Crippen LogP contribution in [0.5, 0.6) is 0 Å². The number of aromatic nitrogens is 3. The van der Waals surface area contributed by atoms with Crippen LogP contribution in [0.2, 0.25) is 0 Å². The second-order valence-corrected chi connectivity index (χ2v) is 5.73. The molecule has 0 spiro atoms. The van der Waals surface area contributed by atoms with Crippen LogP contribution in [0.1, 0.15) is 17.4 Å². The molecule has 0 aliphatic rings. The zero-order valence-electron chi connectivity index (χ0n) is 14.1. The maximum absolute atomic E-state index is 13.7. The second-order valence-electron chi connectivity index (χ2n) is 5.73. The summed E-state index contributed by atoms with van der Waals surface area (Å²) in [5.74, 6) is -2.44. The van der Waals surface area contributed by atoms with Gasteiger partial charge >= 0.3 is 6.18 Å². The fourth-order valence-electron chi connectivity index (χ4n) is 2.44. The summed E-state index contributed by atoms with van der Waals surface area (Å²) < 4.78 is 66.9. The van der Waals surface area contributed by atoms with E-state index in [-0.39, 0.29) is 17.2 Å². The third-order valence-corrected chi connectivity index (χ3v) is 3.75. The van der Waals surface area contributed by atoms with Crippen molar-refractivity contribution in [2.24, 2.45) is 0 Å². The molecule has 1 aromatic carbocycles. The maximum atomic E-state index is 13.7. The highest BCUT2D eigenvalue weighted by Crippen LogP contribution is 2.31. The van der Waals surface area contributed by atoms with Crippen molar-refractivity contribution in [1.82, 2.24) is 15.0 Å². The van der Waals surface area contributed by atoms with E-state index >= 15 is 0 Å². The minimum absolute atomic E-state index is 0.239. The Morgan fingerprint density at radius 2 is 1.75 bits per heavy atom. The lowest BCUT2D eigenvalue weighted by Gasteiger charge is -2.16. The van der Waals surface area contributed by atoms with Crippen LogP contribution < -0.4 is 5.32 Å². The standard InChI is InChI=1S/C18H13F5N4O/c19-11-4-1-5-12(20)16(11)13(28)9-25-15-7-14(18(21,22)23)26-17(27-15)10-3-2-6-24-8-10/h1-8,13,28H,9H2,(H,25,26,27). The first-order valence-corrected chi connectivity index (χ1v) is 7.98. The van der Waals surface area contributed by atoms with Crippen molar-refractivity contribution in [2.75, 3.05) is 11.9 Å². The van der Waals surface area contributed by atoms with Crippen LogP contribution in [0.15, 0.2) is 48.8 Å². The molecular weight excluding hydrogens is 383 g/mol. The molecule has 28 heavy (non-hydrogen) atoms. The lowest BCUT2D eigenvalue weighted by molar-refractivity contribution is -0.141. The maximum Gasteiger partial charge on any atom is 0.433 e. The molecule has 0 amide bonds. The fraction of sp³-hybridized carbons (Fsp3) is 0.167. The molecule has 0 radical (unpaired) electrons. The number of hydrogen-bond donors (Lipinski definition) is 2. The van der Waals surface area contributed by atoms with E-state index in [9.17, 15) is 27.1 Å². The number of rotatable bonds is 5. The summed E-state index contributed by atoms with van der Waals surface area (Å²) in [5, 5.41) is 12.5. The lowest BCUT2D eigenvalue weighted by atomic mass is 10.1. The summed E-state index contributed by atoms with van der Waals surface area (Å²) in [6, 6.07) is 6.70. The normalized spacial score (nSPS) is 12.6. The van der Waals surface area contributed by atoms with Gasteiger partial charge in [-0.15, -0.1) is 0 Å². The largest absolute Gasteiger partial charge is 0.433 e. The third-order valence-electron chi connectivity index (χ3n) is 3.75. The van der Waals surface area contributed by atoms with Crippen LogP contribution in [-0.4, -0.2) is 26.6 Å². The highest BCUT2D eigenvalue weighted by atomic mass is 19.4. The number of benzene rings is 1. The van der Waals surface area contributed by atoms with Gasteiger partial charge < -0.3 is 10.4 Å². The van der Waals surface area contributed by atoms with Crippen molar-refractivity contribution < 1.29 is 27.1 Å². The Bertz CT molecular complexity index is 946. The predicted octanol–water partition coefficient (Wildman–Crippen LogP) is 3.98. The number of nitrogens with zero attached hydrogens (tertiary/aromatic N) is 3. The summed E-state index contributed by atoms with van der Waals surface area (Å²) in [5.41, 5.74) is -1.56. The van der Waals surface area contributed by atoms with Crippen LogP contribution >= 0.6 is 0 Å². The molecule has 2 aromatic heterocycles. The monoisotopic (exact) mass is 396 g/mol. The van der Waals surface area contributed by atoms with E-state index in [0.717, 1.165) is 18.2 Å². The van der Waals surface area contributed by atoms with E-state index in [0.29, 0.717) is 6.07 Å². The van der Waals surface area contributed by atoms with Gasteiger partial charge in [-0.2, -0.15) is 13.2 Å². The molecule has 0 fully saturated rings. The Hall–Kier alpha value is -3.14. The zero-order valence-corrected chi connectivity index (χ0v) is 14.1. The van der Waals surface area contributed by atoms with Crippen molar-refractivity contribution in [1.29, 1.82) is 0 Å². The van der Waals surface area contributed by atoms with Crippen LogP contribution in [0.3, 0.4) is 0 Å². The van der Waals surface area contributed by atoms with Gasteiger partial charge in [-0.1, -0.05) is 6.07 Å². The van der Waals surface area contributed by atoms with Gasteiger partial charge in [0.2, 0.25) is 0 Å². The van der Waals surface area contributed by atoms with Crippen molar-refractivity contribution >= 4 is 5.82 Å². The molecule has 1 atom stereocenters. The van der Waals surface area contributed by atoms with Gasteiger partial charge in [-0.05, 0) is 24.3 Å². The van der Waals surface area contributed by atoms with E-state index in [4.69, 9.17) is 0 Å². The van der Waals surface area contributed by atoms with E-state index in [1.54, 1.807) is 0 Å². The third kappa shape index (κ3) is 4.39. The van der Waals surface area contributed by atoms with Gasteiger partial charge in [0.15, 0.2) is 11.5 Å². The molecule has 3 rings (SSSR count). The molecule has 5 nitrogen and oxygen atoms in total. The Morgan fingerprint density at radius 3 is 2.36 bits per heavy atom. The average Bonchev–Trinajstić information content (AvgIpc) is 2.66. The van der Waals surface area contributed by atoms with E-state index in [2.05, 4.69) is 20.3 Å². The van der Waals surface area contributed by atoms with Gasteiger partial charge in [0, 0.05) is 30.6 Å². The van der Waals surface area contributed by atoms with E-state index in [1.807, 2.05) is 0 Å². The smallest absolute Gasteiger partial charge is 0.386 e. The number of alkyl halides is 3. The highest BCUT2D eigenvalue weighted by Gasteiger charge is 2.34. The topological polar surface area (TPSA) is 70.9 Å². The summed E-state index contributed by atoms with van der Waals surface area (Å²) in [7, 11) is 0. The Morgan fingerprint density at radius 1 is 1.04 bits per heavy atom. The summed E-state index contributed by atoms with van der Waals surface area (Å²) in [6.07, 6.45) is -3.65. The number of aliphatic hydroxyl groups is 1. The zero-order chi connectivity index (χ0) is 20.3. The SMILES string of the molecule is OC(CNc1cc(C(F)(F)F)nc(-c2cccnc2)n1)c1c(F)cccc1F. The molecular formula is C18H13F5N4O. The molecule has 0 saturated heterocycles. The number of nitrogens with one attached hydrogen (secondary N) is 1. The molecule has 3 aromatic rings. The van der Waals surface area contributed by atoms with Crippen LogP contribution in [-0.2, 0) is 6.18 Å². The first kappa shape index (κ1) is 19.6. The van der Waals surface area contributed by atoms with Gasteiger partial charge in [0.1, 0.15) is 23.6 Å². The highest BCUT2D eigenvalue weighted by molar-refractivity contribution is 5.56. The lowest BCUT2D eigenvalue weighted by Crippen LogP contribution is -2.17. The van der Waals surface area contributed by atoms with Crippen LogP contribution in [0.4, 0.5) is 27.8 Å². The second kappa shape index (κ2) is 7.85. The quantitative estimate of drug-likeness (QED) is 0.639. The van der Waals surface area contributed by atoms with E-state index in [1.165, 1.54) is 24.5 Å². The Kier molecular flexibility index (Phi) is 5.50. The number of halogens is 5. The number of anilines is 1. The van der Waals surface area contributed by atoms with Crippen molar-refractivity contribution in [3.8, 4) is 11.4 Å². The number of pyridine rings is 1. The Balaban J connectivity index is 1.89. The van der Waals surface area contributed by atoms with E-state index < -0.39 is 41.7 Å². The van der Waals surface area contributed by atoms with Gasteiger partial charge in [0.25, 0.3) is 0 Å². The predicted molar refractivity (Wildman–Crippen MR) is 90.1 cm³/mol. The van der Waals surface area contributed by atoms with Gasteiger partial charge in [-0.3, -0.25) is 4.98 Å². The summed E-state index contributed by atoms with van der Waals surface area (Å²) in [6.45, 7) is -0.474. The molecule has 0 aliphatic heterocycles. The summed E-state index contributed by atoms with van der Waals surface area (Å²) in [4.78, 5) is 11.3. The Labute approximate surface area is 155 Å². The minimum Gasteiger partial charge on any atom is -0.386 e. The molecule has 0 aliphatic carbocycles. The minimum atomic E-state index is -4.74. The first-order chi connectivity index (χ1) is 13.3. The average molecular weight is 396 g/mol.